The molecule has 3 amide bonds. The lowest BCUT2D eigenvalue weighted by atomic mass is 10.5. The highest BCUT2D eigenvalue weighted by atomic mass is 79.9. The molecule has 1 N–H and O–H groups in total. The summed E-state index contributed by atoms with van der Waals surface area (Å²) in [5.74, 6) is -0.129. The lowest BCUT2D eigenvalue weighted by Gasteiger charge is -2.12. The standard InChI is InChI=1S/C7H9BrN2O3S/c8-3-5(11)9-1-2-10-6(12)4-14-7(10)13/h1-4H2,(H,9,11). The molecule has 1 heterocycles. The molecule has 0 bridgehead atoms. The van der Waals surface area contributed by atoms with Gasteiger partial charge in [-0.25, -0.2) is 0 Å². The van der Waals surface area contributed by atoms with Gasteiger partial charge in [-0.15, -0.1) is 0 Å². The molecule has 5 nitrogen and oxygen atoms in total. The predicted molar refractivity (Wildman–Crippen MR) is 56.4 cm³/mol. The van der Waals surface area contributed by atoms with E-state index in [4.69, 9.17) is 0 Å². The Bertz CT molecular complexity index is 256. The number of thioether (sulfide) groups is 1. The van der Waals surface area contributed by atoms with Gasteiger partial charge in [0.05, 0.1) is 11.1 Å². The highest BCUT2D eigenvalue weighted by Gasteiger charge is 2.29. The minimum absolute atomic E-state index is 0.156. The molecule has 0 aromatic rings. The molecule has 0 aromatic carbocycles. The number of carbonyl (C=O) groups excluding carboxylic acids is 3. The van der Waals surface area contributed by atoms with Crippen LogP contribution in [0.25, 0.3) is 0 Å². The van der Waals surface area contributed by atoms with Crippen molar-refractivity contribution in [2.24, 2.45) is 0 Å². The maximum atomic E-state index is 11.1. The maximum absolute atomic E-state index is 11.1. The topological polar surface area (TPSA) is 66.5 Å². The fraction of sp³-hybridized carbons (Fsp3) is 0.571. The molecular formula is C7H9BrN2O3S. The normalized spacial score (nSPS) is 16.2. The summed E-state index contributed by atoms with van der Waals surface area (Å²) >= 11 is 3.98. The molecule has 1 rings (SSSR count). The van der Waals surface area contributed by atoms with Gasteiger partial charge in [0.15, 0.2) is 0 Å². The quantitative estimate of drug-likeness (QED) is 0.747. The van der Waals surface area contributed by atoms with Gasteiger partial charge in [0, 0.05) is 13.1 Å². The molecule has 1 saturated heterocycles. The van der Waals surface area contributed by atoms with Crippen molar-refractivity contribution in [3.63, 3.8) is 0 Å². The highest BCUT2D eigenvalue weighted by Crippen LogP contribution is 2.17. The van der Waals surface area contributed by atoms with Gasteiger partial charge in [0.25, 0.3) is 5.24 Å². The van der Waals surface area contributed by atoms with Gasteiger partial charge >= 0.3 is 0 Å². The lowest BCUT2D eigenvalue weighted by molar-refractivity contribution is -0.125. The molecule has 0 aromatic heterocycles. The monoisotopic (exact) mass is 280 g/mol. The largest absolute Gasteiger partial charge is 0.354 e. The van der Waals surface area contributed by atoms with Crippen molar-refractivity contribution in [2.75, 3.05) is 24.2 Å². The molecule has 0 atom stereocenters. The Morgan fingerprint density at radius 3 is 2.79 bits per heavy atom. The number of rotatable bonds is 4. The third-order valence-electron chi connectivity index (χ3n) is 1.62. The average Bonchev–Trinajstić information content (AvgIpc) is 2.48. The number of amides is 3. The number of nitrogens with zero attached hydrogens (tertiary/aromatic N) is 1. The highest BCUT2D eigenvalue weighted by molar-refractivity contribution is 9.09. The van der Waals surface area contributed by atoms with Crippen LogP contribution in [0.15, 0.2) is 0 Å². The van der Waals surface area contributed by atoms with Gasteiger partial charge in [0.2, 0.25) is 11.8 Å². The van der Waals surface area contributed by atoms with Crippen molar-refractivity contribution >= 4 is 44.7 Å². The van der Waals surface area contributed by atoms with Crippen LogP contribution in [0.3, 0.4) is 0 Å². The first-order valence-electron chi connectivity index (χ1n) is 3.95. The van der Waals surface area contributed by atoms with Crippen LogP contribution in [0.2, 0.25) is 0 Å². The smallest absolute Gasteiger partial charge is 0.288 e. The maximum Gasteiger partial charge on any atom is 0.288 e. The van der Waals surface area contributed by atoms with Crippen molar-refractivity contribution in [3.05, 3.63) is 0 Å². The summed E-state index contributed by atoms with van der Waals surface area (Å²) in [5, 5.41) is 2.55. The Balaban J connectivity index is 2.27. The average molecular weight is 281 g/mol. The first-order chi connectivity index (χ1) is 6.65. The second-order valence-electron chi connectivity index (χ2n) is 2.58. The molecule has 1 aliphatic heterocycles. The summed E-state index contributed by atoms with van der Waals surface area (Å²) in [4.78, 5) is 34.1. The molecule has 0 spiro atoms. The molecule has 78 valence electrons. The van der Waals surface area contributed by atoms with Crippen LogP contribution in [-0.2, 0) is 9.59 Å². The third kappa shape index (κ3) is 2.98. The summed E-state index contributed by atoms with van der Waals surface area (Å²) in [6, 6.07) is 0. The fourth-order valence-corrected chi connectivity index (χ4v) is 1.90. The molecule has 1 fully saturated rings. The summed E-state index contributed by atoms with van der Waals surface area (Å²) < 4.78 is 0. The van der Waals surface area contributed by atoms with Crippen LogP contribution >= 0.6 is 27.7 Å². The molecule has 0 unspecified atom stereocenters. The first kappa shape index (κ1) is 11.5. The molecule has 0 radical (unpaired) electrons. The molecule has 0 saturated carbocycles. The van der Waals surface area contributed by atoms with E-state index in [1.807, 2.05) is 0 Å². The predicted octanol–water partition coefficient (Wildman–Crippen LogP) is 0.193. The molecule has 14 heavy (non-hydrogen) atoms. The fourth-order valence-electron chi connectivity index (χ4n) is 0.951. The van der Waals surface area contributed by atoms with E-state index in [-0.39, 0.29) is 34.7 Å². The number of alkyl halides is 1. The SMILES string of the molecule is O=C(CBr)NCCN1C(=O)CSC1=O. The Labute approximate surface area is 93.7 Å². The minimum Gasteiger partial charge on any atom is -0.354 e. The zero-order valence-corrected chi connectivity index (χ0v) is 9.69. The molecule has 7 heteroatoms. The van der Waals surface area contributed by atoms with Gasteiger partial charge < -0.3 is 5.32 Å². The number of imide groups is 1. The van der Waals surface area contributed by atoms with Gasteiger partial charge in [-0.1, -0.05) is 27.7 Å². The number of carbonyl (C=O) groups is 3. The van der Waals surface area contributed by atoms with Gasteiger partial charge in [-0.05, 0) is 0 Å². The Morgan fingerprint density at radius 2 is 2.29 bits per heavy atom. The zero-order valence-electron chi connectivity index (χ0n) is 7.29. The van der Waals surface area contributed by atoms with Crippen LogP contribution in [0.4, 0.5) is 4.79 Å². The van der Waals surface area contributed by atoms with Gasteiger partial charge in [-0.2, -0.15) is 0 Å². The summed E-state index contributed by atoms with van der Waals surface area (Å²) in [6.07, 6.45) is 0. The van der Waals surface area contributed by atoms with Crippen molar-refractivity contribution in [1.29, 1.82) is 0 Å². The second-order valence-corrected chi connectivity index (χ2v) is 4.07. The van der Waals surface area contributed by atoms with E-state index in [1.165, 1.54) is 0 Å². The number of nitrogens with one attached hydrogen (secondary N) is 1. The number of halogens is 1. The third-order valence-corrected chi connectivity index (χ3v) is 2.99. The number of hydrogen-bond donors (Lipinski definition) is 1. The van der Waals surface area contributed by atoms with E-state index in [9.17, 15) is 14.4 Å². The van der Waals surface area contributed by atoms with Crippen LogP contribution in [0, 0.1) is 0 Å². The van der Waals surface area contributed by atoms with Crippen LogP contribution in [-0.4, -0.2) is 46.1 Å². The molecule has 0 aliphatic carbocycles. The molecular weight excluding hydrogens is 272 g/mol. The van der Waals surface area contributed by atoms with Crippen molar-refractivity contribution in [2.45, 2.75) is 0 Å². The first-order valence-corrected chi connectivity index (χ1v) is 6.05. The molecule has 1 aliphatic rings. The lowest BCUT2D eigenvalue weighted by Crippen LogP contribution is -2.37. The number of hydrogen-bond acceptors (Lipinski definition) is 4. The van der Waals surface area contributed by atoms with Gasteiger partial charge in [-0.3, -0.25) is 19.3 Å². The van der Waals surface area contributed by atoms with E-state index in [2.05, 4.69) is 21.2 Å². The van der Waals surface area contributed by atoms with Crippen LogP contribution in [0.1, 0.15) is 0 Å². The van der Waals surface area contributed by atoms with E-state index in [0.29, 0.717) is 6.54 Å². The summed E-state index contributed by atoms with van der Waals surface area (Å²) in [6.45, 7) is 0.561. The van der Waals surface area contributed by atoms with Crippen molar-refractivity contribution in [3.8, 4) is 0 Å². The van der Waals surface area contributed by atoms with Crippen molar-refractivity contribution in [1.82, 2.24) is 10.2 Å². The van der Waals surface area contributed by atoms with E-state index in [1.54, 1.807) is 0 Å². The summed E-state index contributed by atoms with van der Waals surface area (Å²) in [7, 11) is 0. The minimum atomic E-state index is -0.233. The van der Waals surface area contributed by atoms with Crippen LogP contribution < -0.4 is 5.32 Å². The van der Waals surface area contributed by atoms with Crippen LogP contribution in [0.5, 0.6) is 0 Å². The Morgan fingerprint density at radius 1 is 1.57 bits per heavy atom. The van der Waals surface area contributed by atoms with E-state index < -0.39 is 0 Å². The Kier molecular flexibility index (Phi) is 4.40. The van der Waals surface area contributed by atoms with E-state index >= 15 is 0 Å². The van der Waals surface area contributed by atoms with E-state index in [0.717, 1.165) is 16.7 Å². The Hall–Kier alpha value is -0.560. The van der Waals surface area contributed by atoms with Gasteiger partial charge in [0.1, 0.15) is 0 Å². The zero-order chi connectivity index (χ0) is 10.6. The summed E-state index contributed by atoms with van der Waals surface area (Å²) in [5.41, 5.74) is 0. The van der Waals surface area contributed by atoms with Crippen molar-refractivity contribution < 1.29 is 14.4 Å². The second kappa shape index (κ2) is 5.35.